The average Bonchev–Trinajstić information content (AvgIpc) is 2.39. The number of hydrogen-bond acceptors (Lipinski definition) is 2. The first-order valence-electron chi connectivity index (χ1n) is 6.13. The molecule has 0 saturated carbocycles. The van der Waals surface area contributed by atoms with Crippen LogP contribution in [-0.2, 0) is 0 Å². The Morgan fingerprint density at radius 2 is 1.89 bits per heavy atom. The zero-order chi connectivity index (χ0) is 13.0. The van der Waals surface area contributed by atoms with E-state index in [-0.39, 0.29) is 6.04 Å². The summed E-state index contributed by atoms with van der Waals surface area (Å²) >= 11 is 0. The van der Waals surface area contributed by atoms with Crippen molar-refractivity contribution in [1.82, 2.24) is 4.98 Å². The first-order valence-corrected chi connectivity index (χ1v) is 6.13. The molecule has 2 nitrogen and oxygen atoms in total. The van der Waals surface area contributed by atoms with E-state index in [0.717, 1.165) is 12.1 Å². The number of halogens is 1. The van der Waals surface area contributed by atoms with Crippen LogP contribution >= 0.6 is 0 Å². The van der Waals surface area contributed by atoms with Gasteiger partial charge in [-0.2, -0.15) is 4.39 Å². The number of rotatable bonds is 4. The summed E-state index contributed by atoms with van der Waals surface area (Å²) < 4.78 is 12.7. The van der Waals surface area contributed by atoms with E-state index in [4.69, 9.17) is 0 Å². The summed E-state index contributed by atoms with van der Waals surface area (Å²) in [5.41, 5.74) is 3.31. The number of hydrogen-bond donors (Lipinski definition) is 1. The molecule has 0 spiro atoms. The number of nitrogens with one attached hydrogen (secondary N) is 1. The molecule has 2 aromatic rings. The maximum absolute atomic E-state index is 12.7. The van der Waals surface area contributed by atoms with E-state index in [1.165, 1.54) is 23.4 Å². The van der Waals surface area contributed by atoms with Crippen LogP contribution < -0.4 is 5.32 Å². The molecule has 2 rings (SSSR count). The summed E-state index contributed by atoms with van der Waals surface area (Å²) in [6.45, 7) is 4.19. The number of pyridine rings is 1. The van der Waals surface area contributed by atoms with Crippen LogP contribution in [0.15, 0.2) is 42.6 Å². The largest absolute Gasteiger partial charge is 0.377 e. The van der Waals surface area contributed by atoms with Crippen molar-refractivity contribution >= 4 is 5.69 Å². The molecule has 0 radical (unpaired) electrons. The monoisotopic (exact) mass is 244 g/mol. The second-order valence-corrected chi connectivity index (χ2v) is 4.39. The Balaban J connectivity index is 2.14. The van der Waals surface area contributed by atoms with Crippen molar-refractivity contribution in [3.8, 4) is 0 Å². The highest BCUT2D eigenvalue weighted by atomic mass is 19.1. The minimum Gasteiger partial charge on any atom is -0.377 e. The molecule has 94 valence electrons. The Kier molecular flexibility index (Phi) is 3.92. The lowest BCUT2D eigenvalue weighted by atomic mass is 10.0. The highest BCUT2D eigenvalue weighted by molar-refractivity contribution is 5.43. The minimum absolute atomic E-state index is 0.220. The summed E-state index contributed by atoms with van der Waals surface area (Å²) in [5, 5.41) is 3.36. The average molecular weight is 244 g/mol. The lowest BCUT2D eigenvalue weighted by Crippen LogP contribution is -2.09. The molecule has 1 N–H and O–H groups in total. The Bertz CT molecular complexity index is 491. The lowest BCUT2D eigenvalue weighted by Gasteiger charge is -2.18. The van der Waals surface area contributed by atoms with E-state index in [1.807, 2.05) is 0 Å². The first-order chi connectivity index (χ1) is 8.69. The van der Waals surface area contributed by atoms with Gasteiger partial charge >= 0.3 is 0 Å². The third kappa shape index (κ3) is 3.06. The number of benzene rings is 1. The van der Waals surface area contributed by atoms with Gasteiger partial charge in [0.05, 0.1) is 17.9 Å². The second kappa shape index (κ2) is 5.63. The summed E-state index contributed by atoms with van der Waals surface area (Å²) in [6.07, 6.45) is 2.48. The fraction of sp³-hybridized carbons (Fsp3) is 0.267. The van der Waals surface area contributed by atoms with Gasteiger partial charge in [-0.05, 0) is 31.0 Å². The molecule has 1 atom stereocenters. The van der Waals surface area contributed by atoms with E-state index in [0.29, 0.717) is 0 Å². The highest BCUT2D eigenvalue weighted by Gasteiger charge is 2.08. The van der Waals surface area contributed by atoms with Crippen LogP contribution in [0.5, 0.6) is 0 Å². The Labute approximate surface area is 107 Å². The van der Waals surface area contributed by atoms with Crippen molar-refractivity contribution in [3.05, 3.63) is 59.7 Å². The quantitative estimate of drug-likeness (QED) is 0.819. The highest BCUT2D eigenvalue weighted by Crippen LogP contribution is 2.22. The maximum atomic E-state index is 12.7. The molecule has 3 heteroatoms. The molecule has 0 amide bonds. The van der Waals surface area contributed by atoms with Gasteiger partial charge in [-0.3, -0.25) is 0 Å². The minimum atomic E-state index is -0.455. The predicted molar refractivity (Wildman–Crippen MR) is 72.0 cm³/mol. The molecule has 0 aliphatic carbocycles. The number of anilines is 1. The van der Waals surface area contributed by atoms with Gasteiger partial charge in [0.2, 0.25) is 5.95 Å². The van der Waals surface area contributed by atoms with E-state index < -0.39 is 5.95 Å². The van der Waals surface area contributed by atoms with Gasteiger partial charge in [0, 0.05) is 0 Å². The van der Waals surface area contributed by atoms with Crippen molar-refractivity contribution in [2.45, 2.75) is 26.3 Å². The van der Waals surface area contributed by atoms with Crippen LogP contribution in [0.2, 0.25) is 0 Å². The SMILES string of the molecule is CCC(Nc1ccc(F)nc1)c1ccc(C)cc1. The Hall–Kier alpha value is -1.90. The van der Waals surface area contributed by atoms with Crippen molar-refractivity contribution in [2.24, 2.45) is 0 Å². The number of aryl methyl sites for hydroxylation is 1. The molecule has 18 heavy (non-hydrogen) atoms. The fourth-order valence-electron chi connectivity index (χ4n) is 1.88. The number of aromatic nitrogens is 1. The van der Waals surface area contributed by atoms with Crippen molar-refractivity contribution in [2.75, 3.05) is 5.32 Å². The van der Waals surface area contributed by atoms with Crippen molar-refractivity contribution in [3.63, 3.8) is 0 Å². The lowest BCUT2D eigenvalue weighted by molar-refractivity contribution is 0.583. The standard InChI is InChI=1S/C15H17FN2/c1-3-14(12-6-4-11(2)5-7-12)18-13-8-9-15(16)17-10-13/h4-10,14,18H,3H2,1-2H3. The van der Waals surface area contributed by atoms with Gasteiger partial charge in [-0.15, -0.1) is 0 Å². The molecular formula is C15H17FN2. The zero-order valence-corrected chi connectivity index (χ0v) is 10.7. The van der Waals surface area contributed by atoms with E-state index in [2.05, 4.69) is 48.4 Å². The van der Waals surface area contributed by atoms with Crippen LogP contribution in [0.25, 0.3) is 0 Å². The van der Waals surface area contributed by atoms with Gasteiger partial charge in [0.15, 0.2) is 0 Å². The van der Waals surface area contributed by atoms with Crippen molar-refractivity contribution in [1.29, 1.82) is 0 Å². The molecular weight excluding hydrogens is 227 g/mol. The van der Waals surface area contributed by atoms with Crippen LogP contribution in [-0.4, -0.2) is 4.98 Å². The van der Waals surface area contributed by atoms with Crippen LogP contribution in [0.1, 0.15) is 30.5 Å². The third-order valence-electron chi connectivity index (χ3n) is 2.96. The van der Waals surface area contributed by atoms with Crippen LogP contribution in [0.3, 0.4) is 0 Å². The molecule has 0 aliphatic rings. The van der Waals surface area contributed by atoms with Gasteiger partial charge in [-0.25, -0.2) is 4.98 Å². The molecule has 0 bridgehead atoms. The summed E-state index contributed by atoms with van der Waals surface area (Å²) in [7, 11) is 0. The molecule has 0 fully saturated rings. The summed E-state index contributed by atoms with van der Waals surface area (Å²) in [5.74, 6) is -0.455. The van der Waals surface area contributed by atoms with Crippen molar-refractivity contribution < 1.29 is 4.39 Å². The van der Waals surface area contributed by atoms with E-state index in [9.17, 15) is 4.39 Å². The van der Waals surface area contributed by atoms with Gasteiger partial charge in [0.1, 0.15) is 0 Å². The number of nitrogens with zero attached hydrogens (tertiary/aromatic N) is 1. The second-order valence-electron chi connectivity index (χ2n) is 4.39. The molecule has 0 aliphatic heterocycles. The molecule has 1 unspecified atom stereocenters. The first kappa shape index (κ1) is 12.6. The predicted octanol–water partition coefficient (Wildman–Crippen LogP) is 4.09. The topological polar surface area (TPSA) is 24.9 Å². The fourth-order valence-corrected chi connectivity index (χ4v) is 1.88. The van der Waals surface area contributed by atoms with Gasteiger partial charge < -0.3 is 5.32 Å². The van der Waals surface area contributed by atoms with Gasteiger partial charge in [-0.1, -0.05) is 36.8 Å². The Morgan fingerprint density at radius 3 is 2.44 bits per heavy atom. The van der Waals surface area contributed by atoms with Gasteiger partial charge in [0.25, 0.3) is 0 Å². The van der Waals surface area contributed by atoms with E-state index >= 15 is 0 Å². The molecule has 1 heterocycles. The van der Waals surface area contributed by atoms with E-state index in [1.54, 1.807) is 6.07 Å². The van der Waals surface area contributed by atoms with Crippen LogP contribution in [0.4, 0.5) is 10.1 Å². The molecule has 0 saturated heterocycles. The molecule has 1 aromatic carbocycles. The third-order valence-corrected chi connectivity index (χ3v) is 2.96. The van der Waals surface area contributed by atoms with Crippen LogP contribution in [0, 0.1) is 12.9 Å². The zero-order valence-electron chi connectivity index (χ0n) is 10.7. The maximum Gasteiger partial charge on any atom is 0.212 e. The smallest absolute Gasteiger partial charge is 0.212 e. The summed E-state index contributed by atoms with van der Waals surface area (Å²) in [4.78, 5) is 3.65. The normalized spacial score (nSPS) is 12.2. The Morgan fingerprint density at radius 1 is 1.17 bits per heavy atom. The summed E-state index contributed by atoms with van der Waals surface area (Å²) in [6, 6.07) is 11.7. The molecule has 1 aromatic heterocycles.